The van der Waals surface area contributed by atoms with Crippen molar-refractivity contribution in [2.24, 2.45) is 11.7 Å². The number of likely N-dealkylation sites (N-methyl/N-ethyl adjacent to an activating group) is 1. The summed E-state index contributed by atoms with van der Waals surface area (Å²) in [5.74, 6) is 0.832. The van der Waals surface area contributed by atoms with Gasteiger partial charge >= 0.3 is 0 Å². The van der Waals surface area contributed by atoms with E-state index in [1.54, 1.807) is 0 Å². The normalized spacial score (nSPS) is 28.2. The van der Waals surface area contributed by atoms with E-state index in [4.69, 9.17) is 5.73 Å². The van der Waals surface area contributed by atoms with E-state index in [-0.39, 0.29) is 5.54 Å². The second-order valence-corrected chi connectivity index (χ2v) is 5.79. The van der Waals surface area contributed by atoms with Crippen LogP contribution in [0.5, 0.6) is 0 Å². The standard InChI is InChI=1S/C15H24N2/c1-12-5-4-6-14(7-12)10-17(3)15(11-16)8-13(2)9-15/h4-7,13H,8-11,16H2,1-3H3. The van der Waals surface area contributed by atoms with Gasteiger partial charge < -0.3 is 5.73 Å². The molecule has 0 unspecified atom stereocenters. The molecular formula is C15H24N2. The molecule has 17 heavy (non-hydrogen) atoms. The van der Waals surface area contributed by atoms with E-state index in [1.807, 2.05) is 0 Å². The van der Waals surface area contributed by atoms with Gasteiger partial charge in [0.25, 0.3) is 0 Å². The number of hydrogen-bond donors (Lipinski definition) is 1. The first-order chi connectivity index (χ1) is 8.05. The Balaban J connectivity index is 2.03. The average molecular weight is 232 g/mol. The van der Waals surface area contributed by atoms with Crippen LogP contribution < -0.4 is 5.73 Å². The number of nitrogens with two attached hydrogens (primary N) is 1. The Bertz CT molecular complexity index is 380. The number of rotatable bonds is 4. The summed E-state index contributed by atoms with van der Waals surface area (Å²) in [5.41, 5.74) is 8.95. The Morgan fingerprint density at radius 1 is 1.41 bits per heavy atom. The fourth-order valence-corrected chi connectivity index (χ4v) is 3.12. The molecule has 0 amide bonds. The topological polar surface area (TPSA) is 29.3 Å². The van der Waals surface area contributed by atoms with Crippen LogP contribution in [0.25, 0.3) is 0 Å². The SMILES string of the molecule is Cc1cccc(CN(C)C2(CN)CC(C)C2)c1. The highest BCUT2D eigenvalue weighted by atomic mass is 15.2. The van der Waals surface area contributed by atoms with Crippen molar-refractivity contribution >= 4 is 0 Å². The van der Waals surface area contributed by atoms with E-state index in [0.717, 1.165) is 19.0 Å². The summed E-state index contributed by atoms with van der Waals surface area (Å²) >= 11 is 0. The molecule has 0 bridgehead atoms. The first kappa shape index (κ1) is 12.6. The summed E-state index contributed by atoms with van der Waals surface area (Å²) in [4.78, 5) is 2.45. The van der Waals surface area contributed by atoms with Crippen LogP contribution in [0.4, 0.5) is 0 Å². The molecule has 1 fully saturated rings. The van der Waals surface area contributed by atoms with Gasteiger partial charge in [-0.25, -0.2) is 0 Å². The van der Waals surface area contributed by atoms with Crippen LogP contribution in [-0.2, 0) is 6.54 Å². The number of aryl methyl sites for hydroxylation is 1. The first-order valence-electron chi connectivity index (χ1n) is 6.52. The summed E-state index contributed by atoms with van der Waals surface area (Å²) < 4.78 is 0. The van der Waals surface area contributed by atoms with Crippen molar-refractivity contribution in [2.45, 2.75) is 38.8 Å². The zero-order valence-corrected chi connectivity index (χ0v) is 11.2. The molecule has 0 saturated heterocycles. The van der Waals surface area contributed by atoms with Crippen molar-refractivity contribution in [3.63, 3.8) is 0 Å². The highest BCUT2D eigenvalue weighted by Crippen LogP contribution is 2.41. The lowest BCUT2D eigenvalue weighted by Crippen LogP contribution is -2.59. The van der Waals surface area contributed by atoms with Crippen LogP contribution in [0.3, 0.4) is 0 Å². The summed E-state index contributed by atoms with van der Waals surface area (Å²) in [6.45, 7) is 6.24. The van der Waals surface area contributed by atoms with Gasteiger partial charge in [0.2, 0.25) is 0 Å². The van der Waals surface area contributed by atoms with Crippen LogP contribution in [0.15, 0.2) is 24.3 Å². The van der Waals surface area contributed by atoms with E-state index in [9.17, 15) is 0 Å². The Kier molecular flexibility index (Phi) is 3.55. The van der Waals surface area contributed by atoms with Crippen molar-refractivity contribution in [1.29, 1.82) is 0 Å². The Hall–Kier alpha value is -0.860. The Labute approximate surface area is 105 Å². The molecule has 2 nitrogen and oxygen atoms in total. The molecule has 1 aromatic rings. The van der Waals surface area contributed by atoms with Gasteiger partial charge in [-0.1, -0.05) is 36.8 Å². The first-order valence-corrected chi connectivity index (χ1v) is 6.52. The summed E-state index contributed by atoms with van der Waals surface area (Å²) in [6.07, 6.45) is 2.48. The van der Waals surface area contributed by atoms with Crippen LogP contribution in [-0.4, -0.2) is 24.0 Å². The molecule has 0 atom stereocenters. The van der Waals surface area contributed by atoms with Crippen LogP contribution in [0.1, 0.15) is 30.9 Å². The molecule has 0 spiro atoms. The molecule has 2 N–H and O–H groups in total. The van der Waals surface area contributed by atoms with Gasteiger partial charge in [0.1, 0.15) is 0 Å². The molecule has 2 heteroatoms. The van der Waals surface area contributed by atoms with Crippen molar-refractivity contribution < 1.29 is 0 Å². The number of benzene rings is 1. The molecule has 0 aromatic heterocycles. The summed E-state index contributed by atoms with van der Waals surface area (Å²) in [5, 5.41) is 0. The lowest BCUT2D eigenvalue weighted by Gasteiger charge is -2.52. The van der Waals surface area contributed by atoms with Crippen LogP contribution in [0, 0.1) is 12.8 Å². The molecule has 1 aliphatic carbocycles. The maximum atomic E-state index is 5.97. The smallest absolute Gasteiger partial charge is 0.0337 e. The van der Waals surface area contributed by atoms with Gasteiger partial charge in [-0.3, -0.25) is 4.90 Å². The average Bonchev–Trinajstić information content (AvgIpc) is 2.24. The minimum absolute atomic E-state index is 0.253. The third kappa shape index (κ3) is 2.53. The zero-order valence-electron chi connectivity index (χ0n) is 11.2. The molecule has 1 aliphatic rings. The van der Waals surface area contributed by atoms with Gasteiger partial charge in [-0.05, 0) is 38.3 Å². The van der Waals surface area contributed by atoms with E-state index < -0.39 is 0 Å². The minimum Gasteiger partial charge on any atom is -0.329 e. The predicted molar refractivity (Wildman–Crippen MR) is 72.8 cm³/mol. The summed E-state index contributed by atoms with van der Waals surface area (Å²) in [6, 6.07) is 8.75. The number of hydrogen-bond acceptors (Lipinski definition) is 2. The highest BCUT2D eigenvalue weighted by molar-refractivity contribution is 5.22. The third-order valence-electron chi connectivity index (χ3n) is 4.15. The quantitative estimate of drug-likeness (QED) is 0.864. The number of nitrogens with zero attached hydrogens (tertiary/aromatic N) is 1. The molecule has 0 aliphatic heterocycles. The van der Waals surface area contributed by atoms with Crippen LogP contribution >= 0.6 is 0 Å². The van der Waals surface area contributed by atoms with Gasteiger partial charge in [0.15, 0.2) is 0 Å². The van der Waals surface area contributed by atoms with Crippen molar-refractivity contribution in [2.75, 3.05) is 13.6 Å². The molecular weight excluding hydrogens is 208 g/mol. The van der Waals surface area contributed by atoms with Gasteiger partial charge in [-0.2, -0.15) is 0 Å². The van der Waals surface area contributed by atoms with Crippen molar-refractivity contribution in [3.8, 4) is 0 Å². The van der Waals surface area contributed by atoms with Gasteiger partial charge in [-0.15, -0.1) is 0 Å². The zero-order chi connectivity index (χ0) is 12.5. The molecule has 94 valence electrons. The lowest BCUT2D eigenvalue weighted by molar-refractivity contribution is 0.000273. The fourth-order valence-electron chi connectivity index (χ4n) is 3.12. The van der Waals surface area contributed by atoms with E-state index in [2.05, 4.69) is 50.1 Å². The predicted octanol–water partition coefficient (Wildman–Crippen LogP) is 2.55. The minimum atomic E-state index is 0.253. The second kappa shape index (κ2) is 4.79. The Morgan fingerprint density at radius 3 is 2.65 bits per heavy atom. The largest absolute Gasteiger partial charge is 0.329 e. The molecule has 2 rings (SSSR count). The van der Waals surface area contributed by atoms with E-state index in [0.29, 0.717) is 0 Å². The lowest BCUT2D eigenvalue weighted by atomic mass is 9.68. The van der Waals surface area contributed by atoms with Crippen molar-refractivity contribution in [1.82, 2.24) is 4.90 Å². The van der Waals surface area contributed by atoms with Gasteiger partial charge in [0, 0.05) is 18.6 Å². The second-order valence-electron chi connectivity index (χ2n) is 5.79. The van der Waals surface area contributed by atoms with Crippen molar-refractivity contribution in [3.05, 3.63) is 35.4 Å². The molecule has 1 aromatic carbocycles. The molecule has 0 radical (unpaired) electrons. The highest BCUT2D eigenvalue weighted by Gasteiger charge is 2.43. The monoisotopic (exact) mass is 232 g/mol. The molecule has 1 saturated carbocycles. The summed E-state index contributed by atoms with van der Waals surface area (Å²) in [7, 11) is 2.21. The van der Waals surface area contributed by atoms with Crippen LogP contribution in [0.2, 0.25) is 0 Å². The van der Waals surface area contributed by atoms with E-state index >= 15 is 0 Å². The maximum absolute atomic E-state index is 5.97. The fraction of sp³-hybridized carbons (Fsp3) is 0.600. The van der Waals surface area contributed by atoms with Gasteiger partial charge in [0.05, 0.1) is 0 Å². The maximum Gasteiger partial charge on any atom is 0.0337 e. The third-order valence-corrected chi connectivity index (χ3v) is 4.15. The van der Waals surface area contributed by atoms with E-state index in [1.165, 1.54) is 24.0 Å². The Morgan fingerprint density at radius 2 is 2.12 bits per heavy atom. The molecule has 0 heterocycles.